The van der Waals surface area contributed by atoms with E-state index in [1.807, 2.05) is 24.3 Å². The van der Waals surface area contributed by atoms with E-state index in [0.717, 1.165) is 9.37 Å². The molecule has 2 heterocycles. The van der Waals surface area contributed by atoms with Crippen LogP contribution in [0, 0.1) is 5.82 Å². The van der Waals surface area contributed by atoms with Crippen molar-refractivity contribution in [1.82, 2.24) is 5.32 Å². The van der Waals surface area contributed by atoms with Crippen LogP contribution in [0.2, 0.25) is 5.02 Å². The van der Waals surface area contributed by atoms with E-state index in [2.05, 4.69) is 26.2 Å². The summed E-state index contributed by atoms with van der Waals surface area (Å²) in [4.78, 5) is 18.0. The van der Waals surface area contributed by atoms with Crippen molar-refractivity contribution in [2.24, 2.45) is 4.99 Å². The number of hydrogen-bond acceptors (Lipinski definition) is 5. The summed E-state index contributed by atoms with van der Waals surface area (Å²) in [5, 5.41) is 4.46. The van der Waals surface area contributed by atoms with E-state index < -0.39 is 0 Å². The predicted molar refractivity (Wildman–Crippen MR) is 119 cm³/mol. The summed E-state index contributed by atoms with van der Waals surface area (Å²) in [6.07, 6.45) is 1.66. The topological polar surface area (TPSA) is 54.6 Å². The van der Waals surface area contributed by atoms with E-state index >= 15 is 0 Å². The normalized spacial score (nSPS) is 16.6. The minimum absolute atomic E-state index is 0.268. The predicted octanol–water partition coefficient (Wildman–Crippen LogP) is 6.88. The molecule has 9 heteroatoms. The van der Waals surface area contributed by atoms with Crippen molar-refractivity contribution in [2.75, 3.05) is 0 Å². The lowest BCUT2D eigenvalue weighted by Gasteiger charge is -1.98. The maximum Gasteiger partial charge on any atom is 0.264 e. The highest BCUT2D eigenvalue weighted by Gasteiger charge is 2.24. The van der Waals surface area contributed by atoms with E-state index in [1.165, 1.54) is 35.7 Å². The first-order valence-corrected chi connectivity index (χ1v) is 11.0. The van der Waals surface area contributed by atoms with Crippen LogP contribution < -0.4 is 5.32 Å². The van der Waals surface area contributed by atoms with Crippen molar-refractivity contribution in [3.05, 3.63) is 80.6 Å². The van der Waals surface area contributed by atoms with E-state index in [1.54, 1.807) is 24.3 Å². The minimum atomic E-state index is -0.340. The van der Waals surface area contributed by atoms with Gasteiger partial charge in [-0.3, -0.25) is 4.79 Å². The second kappa shape index (κ2) is 8.79. The molecule has 0 spiro atoms. The van der Waals surface area contributed by atoms with Gasteiger partial charge < -0.3 is 9.73 Å². The largest absolute Gasteiger partial charge is 0.449 e. The van der Waals surface area contributed by atoms with Gasteiger partial charge in [0.1, 0.15) is 11.6 Å². The summed E-state index contributed by atoms with van der Waals surface area (Å²) >= 11 is 12.0. The number of furan rings is 1. The molecular weight excluding hydrogens is 499 g/mol. The molecule has 2 aromatic carbocycles. The Labute approximate surface area is 187 Å². The Balaban J connectivity index is 1.51. The number of aliphatic imine (C=N–C) groups is 1. The average Bonchev–Trinajstić information content (AvgIpc) is 3.21. The molecule has 0 aliphatic carbocycles. The summed E-state index contributed by atoms with van der Waals surface area (Å²) in [6, 6.07) is 14.9. The Morgan fingerprint density at radius 3 is 2.62 bits per heavy atom. The Bertz CT molecular complexity index is 1130. The van der Waals surface area contributed by atoms with E-state index in [0.29, 0.717) is 31.6 Å². The first kappa shape index (κ1) is 20.3. The smallest absolute Gasteiger partial charge is 0.264 e. The molecule has 1 aliphatic rings. The van der Waals surface area contributed by atoms with Crippen LogP contribution in [0.4, 0.5) is 10.1 Å². The Morgan fingerprint density at radius 1 is 1.17 bits per heavy atom. The van der Waals surface area contributed by atoms with E-state index in [4.69, 9.17) is 16.0 Å². The van der Waals surface area contributed by atoms with Gasteiger partial charge in [0.05, 0.1) is 15.1 Å². The fraction of sp³-hybridized carbons (Fsp3) is 0. The first-order valence-electron chi connectivity index (χ1n) is 8.24. The SMILES string of the molecule is O=C1NC(=Nc2ccc(F)cc2)SC1=Cc1cc(Br)c(Sc2ccc(Cl)cc2)o1. The van der Waals surface area contributed by atoms with Crippen molar-refractivity contribution in [2.45, 2.75) is 9.99 Å². The fourth-order valence-electron chi connectivity index (χ4n) is 2.36. The van der Waals surface area contributed by atoms with E-state index in [9.17, 15) is 9.18 Å². The Morgan fingerprint density at radius 2 is 1.90 bits per heavy atom. The van der Waals surface area contributed by atoms with Gasteiger partial charge in [-0.15, -0.1) is 0 Å². The van der Waals surface area contributed by atoms with Crippen molar-refractivity contribution < 1.29 is 13.6 Å². The summed E-state index contributed by atoms with van der Waals surface area (Å²) in [6.45, 7) is 0. The molecule has 4 rings (SSSR count). The highest BCUT2D eigenvalue weighted by Crippen LogP contribution is 2.38. The van der Waals surface area contributed by atoms with Gasteiger partial charge in [-0.1, -0.05) is 23.4 Å². The molecule has 1 saturated heterocycles. The van der Waals surface area contributed by atoms with Crippen LogP contribution in [0.5, 0.6) is 0 Å². The van der Waals surface area contributed by atoms with Crippen LogP contribution in [0.15, 0.2) is 83.4 Å². The van der Waals surface area contributed by atoms with Crippen molar-refractivity contribution >= 4 is 73.9 Å². The molecule has 0 saturated carbocycles. The van der Waals surface area contributed by atoms with Crippen molar-refractivity contribution in [1.29, 1.82) is 0 Å². The monoisotopic (exact) mass is 508 g/mol. The quantitative estimate of drug-likeness (QED) is 0.390. The molecule has 0 unspecified atom stereocenters. The zero-order valence-electron chi connectivity index (χ0n) is 14.5. The molecule has 1 aromatic heterocycles. The number of benzene rings is 2. The lowest BCUT2D eigenvalue weighted by Crippen LogP contribution is -2.19. The number of amides is 1. The zero-order valence-corrected chi connectivity index (χ0v) is 18.5. The second-order valence-electron chi connectivity index (χ2n) is 5.80. The van der Waals surface area contributed by atoms with Gasteiger partial charge in [0.2, 0.25) is 0 Å². The second-order valence-corrected chi connectivity index (χ2v) is 9.17. The highest BCUT2D eigenvalue weighted by atomic mass is 79.9. The van der Waals surface area contributed by atoms with Crippen molar-refractivity contribution in [3.8, 4) is 0 Å². The molecule has 29 heavy (non-hydrogen) atoms. The third-order valence-electron chi connectivity index (χ3n) is 3.68. The number of hydrogen-bond donors (Lipinski definition) is 1. The third-order valence-corrected chi connectivity index (χ3v) is 6.69. The number of rotatable bonds is 4. The standard InChI is InChI=1S/C20H11BrClFN2O2S2/c21-16-9-14(27-19(16)28-15-7-1-11(22)2-8-15)10-17-18(26)25-20(29-17)24-13-5-3-12(23)4-6-13/h1-10H,(H,24,25,26). The number of amidine groups is 1. The van der Waals surface area contributed by atoms with Crippen LogP contribution in [0.3, 0.4) is 0 Å². The van der Waals surface area contributed by atoms with Gasteiger partial charge in [-0.05, 0) is 82.3 Å². The number of carbonyl (C=O) groups excluding carboxylic acids is 1. The molecule has 3 aromatic rings. The summed E-state index contributed by atoms with van der Waals surface area (Å²) in [7, 11) is 0. The van der Waals surface area contributed by atoms with E-state index in [-0.39, 0.29) is 11.7 Å². The lowest BCUT2D eigenvalue weighted by atomic mass is 10.3. The number of halogens is 3. The third kappa shape index (κ3) is 5.14. The summed E-state index contributed by atoms with van der Waals surface area (Å²) in [5.41, 5.74) is 0.554. The van der Waals surface area contributed by atoms with Crippen LogP contribution in [-0.2, 0) is 4.79 Å². The first-order chi connectivity index (χ1) is 14.0. The molecule has 1 N–H and O–H groups in total. The molecule has 146 valence electrons. The maximum atomic E-state index is 13.0. The maximum absolute atomic E-state index is 13.0. The molecule has 1 amide bonds. The Hall–Kier alpha value is -2.00. The molecule has 0 radical (unpaired) electrons. The van der Waals surface area contributed by atoms with Crippen LogP contribution >= 0.6 is 51.1 Å². The summed E-state index contributed by atoms with van der Waals surface area (Å²) < 4.78 is 19.6. The molecular formula is C20H11BrClFN2O2S2. The average molecular weight is 510 g/mol. The minimum Gasteiger partial charge on any atom is -0.449 e. The zero-order chi connectivity index (χ0) is 20.4. The Kier molecular flexibility index (Phi) is 6.15. The number of carbonyl (C=O) groups is 1. The van der Waals surface area contributed by atoms with Gasteiger partial charge in [0, 0.05) is 16.0 Å². The molecule has 0 atom stereocenters. The molecule has 4 nitrogen and oxygen atoms in total. The molecule has 0 bridgehead atoms. The number of nitrogens with zero attached hydrogens (tertiary/aromatic N) is 1. The van der Waals surface area contributed by atoms with Gasteiger partial charge in [0.15, 0.2) is 10.3 Å². The molecule has 1 aliphatic heterocycles. The highest BCUT2D eigenvalue weighted by molar-refractivity contribution is 9.10. The van der Waals surface area contributed by atoms with Crippen LogP contribution in [-0.4, -0.2) is 11.1 Å². The van der Waals surface area contributed by atoms with Crippen LogP contribution in [0.25, 0.3) is 6.08 Å². The summed E-state index contributed by atoms with van der Waals surface area (Å²) in [5.74, 6) is -0.0716. The molecule has 1 fully saturated rings. The number of nitrogens with one attached hydrogen (secondary N) is 1. The van der Waals surface area contributed by atoms with Gasteiger partial charge in [0.25, 0.3) is 5.91 Å². The number of thioether (sulfide) groups is 1. The fourth-order valence-corrected chi connectivity index (χ4v) is 4.64. The van der Waals surface area contributed by atoms with Crippen molar-refractivity contribution in [3.63, 3.8) is 0 Å². The van der Waals surface area contributed by atoms with Gasteiger partial charge in [-0.2, -0.15) is 0 Å². The van der Waals surface area contributed by atoms with Gasteiger partial charge >= 0.3 is 0 Å². The lowest BCUT2D eigenvalue weighted by molar-refractivity contribution is -0.115. The van der Waals surface area contributed by atoms with Crippen LogP contribution in [0.1, 0.15) is 5.76 Å². The van der Waals surface area contributed by atoms with Gasteiger partial charge in [-0.25, -0.2) is 9.38 Å².